The molecule has 0 aliphatic carbocycles. The van der Waals surface area contributed by atoms with Crippen LogP contribution in [0.3, 0.4) is 0 Å². The van der Waals surface area contributed by atoms with Crippen molar-refractivity contribution in [2.75, 3.05) is 10.0 Å². The van der Waals surface area contributed by atoms with Gasteiger partial charge in [0, 0.05) is 0 Å². The quantitative estimate of drug-likeness (QED) is 0.466. The lowest BCUT2D eigenvalue weighted by molar-refractivity contribution is 0.102. The summed E-state index contributed by atoms with van der Waals surface area (Å²) in [5.74, 6) is -1.04. The minimum absolute atomic E-state index is 0.108. The molecule has 0 unspecified atom stereocenters. The number of halogens is 1. The Labute approximate surface area is 176 Å². The molecule has 0 spiro atoms. The van der Waals surface area contributed by atoms with Crippen molar-refractivity contribution in [3.05, 3.63) is 83.7 Å². The van der Waals surface area contributed by atoms with Gasteiger partial charge in [0.25, 0.3) is 15.9 Å². The Morgan fingerprint density at radius 2 is 1.77 bits per heavy atom. The number of carbonyl (C=O) groups is 1. The lowest BCUT2D eigenvalue weighted by Crippen LogP contribution is -2.18. The molecule has 1 aromatic heterocycles. The van der Waals surface area contributed by atoms with Gasteiger partial charge in [0.05, 0.1) is 26.4 Å². The van der Waals surface area contributed by atoms with E-state index in [9.17, 15) is 17.6 Å². The number of nitrogens with zero attached hydrogens (tertiary/aromatic N) is 1. The Kier molecular flexibility index (Phi) is 5.23. The highest BCUT2D eigenvalue weighted by Gasteiger charge is 2.20. The highest BCUT2D eigenvalue weighted by atomic mass is 32.2. The number of anilines is 2. The summed E-state index contributed by atoms with van der Waals surface area (Å²) < 4.78 is 41.9. The molecule has 2 N–H and O–H groups in total. The van der Waals surface area contributed by atoms with Crippen molar-refractivity contribution in [1.29, 1.82) is 0 Å². The maximum absolute atomic E-state index is 13.1. The first kappa shape index (κ1) is 20.0. The number of hydrogen-bond donors (Lipinski definition) is 2. The Balaban J connectivity index is 1.64. The van der Waals surface area contributed by atoms with E-state index in [1.54, 1.807) is 25.1 Å². The van der Waals surface area contributed by atoms with Crippen LogP contribution in [0.2, 0.25) is 0 Å². The van der Waals surface area contributed by atoms with Crippen molar-refractivity contribution in [1.82, 2.24) is 4.98 Å². The predicted octanol–water partition coefficient (Wildman–Crippen LogP) is 4.80. The van der Waals surface area contributed by atoms with Crippen LogP contribution in [0.5, 0.6) is 0 Å². The standard InChI is InChI=1S/C21H16FN3O3S2/c1-13-6-11-16(20(26)24-21-23-17-4-2-3-5-19(17)29-21)18(12-13)25-30(27,28)15-9-7-14(22)8-10-15/h2-12,25H,1H3,(H,23,24,26). The molecule has 4 rings (SSSR count). The van der Waals surface area contributed by atoms with Gasteiger partial charge in [-0.05, 0) is 61.0 Å². The van der Waals surface area contributed by atoms with Crippen molar-refractivity contribution >= 4 is 48.3 Å². The summed E-state index contributed by atoms with van der Waals surface area (Å²) in [4.78, 5) is 17.1. The molecule has 1 heterocycles. The second-order valence-electron chi connectivity index (χ2n) is 6.55. The molecule has 0 fully saturated rings. The Morgan fingerprint density at radius 1 is 1.03 bits per heavy atom. The third-order valence-corrected chi connectivity index (χ3v) is 6.64. The number of nitrogens with one attached hydrogen (secondary N) is 2. The zero-order chi connectivity index (χ0) is 21.3. The smallest absolute Gasteiger partial charge is 0.261 e. The number of amides is 1. The summed E-state index contributed by atoms with van der Waals surface area (Å²) >= 11 is 1.32. The molecule has 1 amide bonds. The van der Waals surface area contributed by atoms with E-state index in [1.165, 1.54) is 11.3 Å². The molecule has 0 aliphatic rings. The number of aromatic nitrogens is 1. The monoisotopic (exact) mass is 441 g/mol. The van der Waals surface area contributed by atoms with Gasteiger partial charge >= 0.3 is 0 Å². The SMILES string of the molecule is Cc1ccc(C(=O)Nc2nc3ccccc3s2)c(NS(=O)(=O)c2ccc(F)cc2)c1. The van der Waals surface area contributed by atoms with Gasteiger partial charge in [-0.2, -0.15) is 0 Å². The Morgan fingerprint density at radius 3 is 2.50 bits per heavy atom. The number of hydrogen-bond acceptors (Lipinski definition) is 5. The molecule has 0 saturated carbocycles. The topological polar surface area (TPSA) is 88.2 Å². The van der Waals surface area contributed by atoms with Crippen molar-refractivity contribution in [2.45, 2.75) is 11.8 Å². The Bertz CT molecular complexity index is 1320. The molecule has 6 nitrogen and oxygen atoms in total. The van der Waals surface area contributed by atoms with E-state index in [1.807, 2.05) is 24.3 Å². The van der Waals surface area contributed by atoms with E-state index in [0.717, 1.165) is 40.0 Å². The average molecular weight is 442 g/mol. The fraction of sp³-hybridized carbons (Fsp3) is 0.0476. The maximum atomic E-state index is 13.1. The van der Waals surface area contributed by atoms with Crippen LogP contribution in [-0.4, -0.2) is 19.3 Å². The molecule has 0 saturated heterocycles. The average Bonchev–Trinajstić information content (AvgIpc) is 3.10. The molecule has 4 aromatic rings. The summed E-state index contributed by atoms with van der Waals surface area (Å²) in [5.41, 5.74) is 1.80. The van der Waals surface area contributed by atoms with Crippen LogP contribution in [0.15, 0.2) is 71.6 Å². The van der Waals surface area contributed by atoms with Crippen LogP contribution in [-0.2, 0) is 10.0 Å². The molecule has 30 heavy (non-hydrogen) atoms. The molecule has 9 heteroatoms. The number of benzene rings is 3. The van der Waals surface area contributed by atoms with Crippen molar-refractivity contribution in [3.63, 3.8) is 0 Å². The molecular weight excluding hydrogens is 425 g/mol. The molecule has 0 bridgehead atoms. The molecule has 3 aromatic carbocycles. The van der Waals surface area contributed by atoms with Crippen LogP contribution in [0.25, 0.3) is 10.2 Å². The minimum Gasteiger partial charge on any atom is -0.298 e. The normalized spacial score (nSPS) is 11.4. The van der Waals surface area contributed by atoms with E-state index < -0.39 is 21.7 Å². The highest BCUT2D eigenvalue weighted by molar-refractivity contribution is 7.92. The van der Waals surface area contributed by atoms with Gasteiger partial charge < -0.3 is 0 Å². The van der Waals surface area contributed by atoms with Gasteiger partial charge in [-0.25, -0.2) is 17.8 Å². The van der Waals surface area contributed by atoms with E-state index in [2.05, 4.69) is 15.0 Å². The first-order chi connectivity index (χ1) is 14.3. The third kappa shape index (κ3) is 4.17. The molecule has 0 radical (unpaired) electrons. The van der Waals surface area contributed by atoms with E-state index in [0.29, 0.717) is 5.13 Å². The fourth-order valence-electron chi connectivity index (χ4n) is 2.85. The van der Waals surface area contributed by atoms with Gasteiger partial charge in [-0.1, -0.05) is 29.5 Å². The second kappa shape index (κ2) is 7.85. The van der Waals surface area contributed by atoms with Crippen molar-refractivity contribution in [3.8, 4) is 0 Å². The van der Waals surface area contributed by atoms with Crippen LogP contribution in [0.4, 0.5) is 15.2 Å². The van der Waals surface area contributed by atoms with Gasteiger partial charge in [0.15, 0.2) is 5.13 Å². The summed E-state index contributed by atoms with van der Waals surface area (Å²) in [5, 5.41) is 3.14. The first-order valence-electron chi connectivity index (χ1n) is 8.88. The summed E-state index contributed by atoms with van der Waals surface area (Å²) in [7, 11) is -4.01. The number of para-hydroxylation sites is 1. The maximum Gasteiger partial charge on any atom is 0.261 e. The number of carbonyl (C=O) groups excluding carboxylic acids is 1. The van der Waals surface area contributed by atoms with Crippen LogP contribution >= 0.6 is 11.3 Å². The van der Waals surface area contributed by atoms with Crippen LogP contribution in [0, 0.1) is 12.7 Å². The minimum atomic E-state index is -4.01. The molecule has 0 aliphatic heterocycles. The number of rotatable bonds is 5. The zero-order valence-electron chi connectivity index (χ0n) is 15.7. The second-order valence-corrected chi connectivity index (χ2v) is 9.26. The van der Waals surface area contributed by atoms with Gasteiger partial charge in [-0.15, -0.1) is 0 Å². The van der Waals surface area contributed by atoms with Crippen LogP contribution < -0.4 is 10.0 Å². The number of fused-ring (bicyclic) bond motifs is 1. The highest BCUT2D eigenvalue weighted by Crippen LogP contribution is 2.27. The number of sulfonamides is 1. The third-order valence-electron chi connectivity index (χ3n) is 4.30. The molecule has 0 atom stereocenters. The molecular formula is C21H16FN3O3S2. The van der Waals surface area contributed by atoms with Gasteiger partial charge in [-0.3, -0.25) is 14.8 Å². The molecule has 152 valence electrons. The summed E-state index contributed by atoms with van der Waals surface area (Å²) in [6.45, 7) is 1.78. The van der Waals surface area contributed by atoms with Crippen molar-refractivity contribution in [2.24, 2.45) is 0 Å². The number of aryl methyl sites for hydroxylation is 1. The van der Waals surface area contributed by atoms with Gasteiger partial charge in [0.2, 0.25) is 0 Å². The first-order valence-corrected chi connectivity index (χ1v) is 11.2. The Hall–Kier alpha value is -3.30. The summed E-state index contributed by atoms with van der Waals surface area (Å²) in [6.07, 6.45) is 0. The van der Waals surface area contributed by atoms with Crippen LogP contribution in [0.1, 0.15) is 15.9 Å². The predicted molar refractivity (Wildman–Crippen MR) is 116 cm³/mol. The number of thiazole rings is 1. The van der Waals surface area contributed by atoms with Gasteiger partial charge in [0.1, 0.15) is 5.82 Å². The largest absolute Gasteiger partial charge is 0.298 e. The van der Waals surface area contributed by atoms with E-state index in [4.69, 9.17) is 0 Å². The van der Waals surface area contributed by atoms with E-state index >= 15 is 0 Å². The fourth-order valence-corrected chi connectivity index (χ4v) is 4.78. The lowest BCUT2D eigenvalue weighted by Gasteiger charge is -2.13. The van der Waals surface area contributed by atoms with E-state index in [-0.39, 0.29) is 16.1 Å². The van der Waals surface area contributed by atoms with Crippen molar-refractivity contribution < 1.29 is 17.6 Å². The lowest BCUT2D eigenvalue weighted by atomic mass is 10.1. The zero-order valence-corrected chi connectivity index (χ0v) is 17.4. The summed E-state index contributed by atoms with van der Waals surface area (Å²) in [6, 6.07) is 16.7.